The Bertz CT molecular complexity index is 1030. The van der Waals surface area contributed by atoms with Gasteiger partial charge in [-0.25, -0.2) is 0 Å². The minimum Gasteiger partial charge on any atom is -0.374 e. The number of hydrogen-bond donors (Lipinski definition) is 3. The first-order valence-corrected chi connectivity index (χ1v) is 9.90. The number of aliphatic hydroxyl groups is 1. The Morgan fingerprint density at radius 2 is 1.90 bits per heavy atom. The number of nitrogens with one attached hydrogen (secondary N) is 2. The lowest BCUT2D eigenvalue weighted by atomic mass is 10.0. The molecule has 0 aromatic heterocycles. The van der Waals surface area contributed by atoms with Crippen LogP contribution in [0.1, 0.15) is 39.9 Å². The molecule has 3 N–H and O–H groups in total. The van der Waals surface area contributed by atoms with Crippen molar-refractivity contribution in [2.45, 2.75) is 44.1 Å². The molecule has 0 spiro atoms. The van der Waals surface area contributed by atoms with Gasteiger partial charge in [0.05, 0.1) is 0 Å². The number of alkyl halides is 2. The Morgan fingerprint density at radius 3 is 2.61 bits per heavy atom. The van der Waals surface area contributed by atoms with Crippen LogP contribution in [0, 0.1) is 0 Å². The van der Waals surface area contributed by atoms with Gasteiger partial charge in [-0.3, -0.25) is 14.4 Å². The molecule has 1 unspecified atom stereocenters. The fourth-order valence-corrected chi connectivity index (χ4v) is 3.91. The molecule has 2 heterocycles. The highest BCUT2D eigenvalue weighted by atomic mass is 19.3. The van der Waals surface area contributed by atoms with Crippen LogP contribution >= 0.6 is 0 Å². The van der Waals surface area contributed by atoms with E-state index in [4.69, 9.17) is 0 Å². The number of nitrogens with zero attached hydrogens (tertiary/aromatic N) is 1. The fraction of sp³-hybridized carbons (Fsp3) is 0.318. The molecule has 9 heteroatoms. The predicted molar refractivity (Wildman–Crippen MR) is 106 cm³/mol. The van der Waals surface area contributed by atoms with E-state index >= 15 is 0 Å². The number of halogens is 2. The number of carbonyl (C=O) groups is 3. The van der Waals surface area contributed by atoms with Crippen molar-refractivity contribution >= 4 is 17.7 Å². The SMILES string of the molecule is O=C1N[C@@H](O)CCC1N1Cc2cc(CNC(=O)C(F)(F)c3ccccc3)ccc2C1=O. The van der Waals surface area contributed by atoms with E-state index < -0.39 is 35.6 Å². The van der Waals surface area contributed by atoms with Crippen LogP contribution in [0.3, 0.4) is 0 Å². The molecule has 4 rings (SSSR count). The number of benzene rings is 2. The van der Waals surface area contributed by atoms with E-state index in [-0.39, 0.29) is 19.0 Å². The zero-order valence-corrected chi connectivity index (χ0v) is 16.5. The number of carbonyl (C=O) groups excluding carboxylic acids is 3. The summed E-state index contributed by atoms with van der Waals surface area (Å²) < 4.78 is 28.7. The van der Waals surface area contributed by atoms with Crippen molar-refractivity contribution in [3.63, 3.8) is 0 Å². The molecule has 0 aliphatic carbocycles. The van der Waals surface area contributed by atoms with Crippen molar-refractivity contribution in [3.05, 3.63) is 70.8 Å². The van der Waals surface area contributed by atoms with Crippen molar-refractivity contribution < 1.29 is 28.3 Å². The van der Waals surface area contributed by atoms with Gasteiger partial charge in [0, 0.05) is 24.2 Å². The standard InChI is InChI=1S/C22H21F2N3O4/c23-22(24,15-4-2-1-3-5-15)21(31)25-11-13-6-7-16-14(10-13)12-27(20(16)30)17-8-9-18(28)26-19(17)29/h1-7,10,17-18,28H,8-9,11-12H2,(H,25,31)(H,26,29)/t17?,18-/m0/s1. The van der Waals surface area contributed by atoms with Crippen LogP contribution in [0.2, 0.25) is 0 Å². The summed E-state index contributed by atoms with van der Waals surface area (Å²) in [5, 5.41) is 14.2. The van der Waals surface area contributed by atoms with Crippen LogP contribution in [-0.4, -0.2) is 40.0 Å². The van der Waals surface area contributed by atoms with Crippen molar-refractivity contribution in [2.75, 3.05) is 0 Å². The Morgan fingerprint density at radius 1 is 1.16 bits per heavy atom. The molecule has 1 saturated heterocycles. The molecule has 1 fully saturated rings. The third-order valence-electron chi connectivity index (χ3n) is 5.58. The Kier molecular flexibility index (Phi) is 5.45. The smallest absolute Gasteiger partial charge is 0.349 e. The van der Waals surface area contributed by atoms with Crippen LogP contribution in [0.4, 0.5) is 8.78 Å². The molecule has 0 saturated carbocycles. The van der Waals surface area contributed by atoms with E-state index in [2.05, 4.69) is 10.6 Å². The molecule has 2 aliphatic heterocycles. The van der Waals surface area contributed by atoms with E-state index in [1.165, 1.54) is 29.2 Å². The van der Waals surface area contributed by atoms with Crippen LogP contribution in [-0.2, 0) is 28.6 Å². The van der Waals surface area contributed by atoms with Gasteiger partial charge in [0.2, 0.25) is 5.91 Å². The van der Waals surface area contributed by atoms with Gasteiger partial charge in [-0.1, -0.05) is 42.5 Å². The van der Waals surface area contributed by atoms with Crippen molar-refractivity contribution in [1.82, 2.24) is 15.5 Å². The number of fused-ring (bicyclic) bond motifs is 1. The monoisotopic (exact) mass is 429 g/mol. The Balaban J connectivity index is 1.43. The van der Waals surface area contributed by atoms with Crippen molar-refractivity contribution in [1.29, 1.82) is 0 Å². The van der Waals surface area contributed by atoms with Gasteiger partial charge in [-0.2, -0.15) is 8.78 Å². The van der Waals surface area contributed by atoms with Crippen molar-refractivity contribution in [3.8, 4) is 0 Å². The summed E-state index contributed by atoms with van der Waals surface area (Å²) in [5.74, 6) is -5.77. The lowest BCUT2D eigenvalue weighted by Gasteiger charge is -2.32. The molecular weight excluding hydrogens is 408 g/mol. The molecule has 0 radical (unpaired) electrons. The summed E-state index contributed by atoms with van der Waals surface area (Å²) in [6, 6.07) is 11.0. The highest BCUT2D eigenvalue weighted by Gasteiger charge is 2.41. The van der Waals surface area contributed by atoms with E-state index in [9.17, 15) is 28.3 Å². The summed E-state index contributed by atoms with van der Waals surface area (Å²) in [6.45, 7) is 0.0726. The van der Waals surface area contributed by atoms with Gasteiger partial charge in [0.15, 0.2) is 0 Å². The maximum atomic E-state index is 14.3. The van der Waals surface area contributed by atoms with E-state index in [0.717, 1.165) is 0 Å². The van der Waals surface area contributed by atoms with Crippen molar-refractivity contribution in [2.24, 2.45) is 0 Å². The molecule has 2 aliphatic rings. The Labute approximate surface area is 177 Å². The molecule has 7 nitrogen and oxygen atoms in total. The maximum absolute atomic E-state index is 14.3. The summed E-state index contributed by atoms with van der Waals surface area (Å²) >= 11 is 0. The number of amides is 3. The molecular formula is C22H21F2N3O4. The lowest BCUT2D eigenvalue weighted by molar-refractivity contribution is -0.147. The van der Waals surface area contributed by atoms with E-state index in [1.807, 2.05) is 0 Å². The van der Waals surface area contributed by atoms with Gasteiger partial charge < -0.3 is 20.6 Å². The lowest BCUT2D eigenvalue weighted by Crippen LogP contribution is -2.54. The highest BCUT2D eigenvalue weighted by Crippen LogP contribution is 2.30. The molecule has 31 heavy (non-hydrogen) atoms. The fourth-order valence-electron chi connectivity index (χ4n) is 3.91. The number of aliphatic hydroxyl groups excluding tert-OH is 1. The van der Waals surface area contributed by atoms with Crippen LogP contribution in [0.15, 0.2) is 48.5 Å². The number of rotatable bonds is 5. The Hall–Kier alpha value is -3.33. The molecule has 2 aromatic rings. The zero-order chi connectivity index (χ0) is 22.2. The van der Waals surface area contributed by atoms with Crippen LogP contribution in [0.25, 0.3) is 0 Å². The number of piperidine rings is 1. The first-order chi connectivity index (χ1) is 14.8. The minimum atomic E-state index is -3.66. The maximum Gasteiger partial charge on any atom is 0.349 e. The first kappa shape index (κ1) is 20.9. The first-order valence-electron chi connectivity index (χ1n) is 9.90. The minimum absolute atomic E-state index is 0.126. The summed E-state index contributed by atoms with van der Waals surface area (Å²) in [6.07, 6.45) is -0.207. The molecule has 2 aromatic carbocycles. The van der Waals surface area contributed by atoms with Crippen LogP contribution in [0.5, 0.6) is 0 Å². The third-order valence-corrected chi connectivity index (χ3v) is 5.58. The second kappa shape index (κ2) is 8.07. The van der Waals surface area contributed by atoms with Gasteiger partial charge in [0.25, 0.3) is 11.8 Å². The zero-order valence-electron chi connectivity index (χ0n) is 16.5. The topological polar surface area (TPSA) is 98.7 Å². The quantitative estimate of drug-likeness (QED) is 0.673. The molecule has 2 atom stereocenters. The second-order valence-electron chi connectivity index (χ2n) is 7.67. The van der Waals surface area contributed by atoms with Gasteiger partial charge in [-0.15, -0.1) is 0 Å². The summed E-state index contributed by atoms with van der Waals surface area (Å²) in [4.78, 5) is 38.4. The van der Waals surface area contributed by atoms with Gasteiger partial charge in [0.1, 0.15) is 12.3 Å². The van der Waals surface area contributed by atoms with Gasteiger partial charge in [-0.05, 0) is 30.0 Å². The normalized spacial score (nSPS) is 20.9. The average molecular weight is 429 g/mol. The second-order valence-corrected chi connectivity index (χ2v) is 7.67. The van der Waals surface area contributed by atoms with Crippen LogP contribution < -0.4 is 10.6 Å². The molecule has 0 bridgehead atoms. The number of hydrogen-bond acceptors (Lipinski definition) is 4. The van der Waals surface area contributed by atoms with Gasteiger partial charge >= 0.3 is 5.92 Å². The van der Waals surface area contributed by atoms with E-state index in [1.54, 1.807) is 24.3 Å². The summed E-state index contributed by atoms with van der Waals surface area (Å²) in [5.41, 5.74) is 1.27. The highest BCUT2D eigenvalue weighted by molar-refractivity contribution is 6.01. The largest absolute Gasteiger partial charge is 0.374 e. The average Bonchev–Trinajstić information content (AvgIpc) is 3.08. The molecule has 162 valence electrons. The molecule has 3 amide bonds. The van der Waals surface area contributed by atoms with E-state index in [0.29, 0.717) is 29.5 Å². The summed E-state index contributed by atoms with van der Waals surface area (Å²) in [7, 11) is 0. The third kappa shape index (κ3) is 4.00. The predicted octanol–water partition coefficient (Wildman–Crippen LogP) is 1.65.